The summed E-state index contributed by atoms with van der Waals surface area (Å²) in [6, 6.07) is 2.67. The van der Waals surface area contributed by atoms with E-state index in [0.29, 0.717) is 5.69 Å². The second-order valence-electron chi connectivity index (χ2n) is 5.35. The topological polar surface area (TPSA) is 130 Å². The molecule has 10 nitrogen and oxygen atoms in total. The summed E-state index contributed by atoms with van der Waals surface area (Å²) in [5.74, 6) is -1.22. The Bertz CT molecular complexity index is 1030. The number of nitrogens with one attached hydrogen (secondary N) is 1. The van der Waals surface area contributed by atoms with Crippen LogP contribution in [0.3, 0.4) is 0 Å². The van der Waals surface area contributed by atoms with Gasteiger partial charge in [-0.25, -0.2) is 0 Å². The minimum Gasteiger partial charge on any atom is -0.364 e. The van der Waals surface area contributed by atoms with Crippen LogP contribution in [0.15, 0.2) is 41.7 Å². The molecule has 0 atom stereocenters. The first-order valence-corrected chi connectivity index (χ1v) is 7.21. The predicted molar refractivity (Wildman–Crippen MR) is 88.5 cm³/mol. The van der Waals surface area contributed by atoms with Gasteiger partial charge in [-0.1, -0.05) is 0 Å². The smallest absolute Gasteiger partial charge is 0.269 e. The summed E-state index contributed by atoms with van der Waals surface area (Å²) >= 11 is 0. The standard InChI is InChI=1S/C15H15N7O3/c1-20-8-10(5-17-20)22-7-9(3-4-12(22)23)15(25)19-11-6-18-21(2)13(11)14(16)24/h3-8H,1-2H3,(H2,16,24)(H,19,25). The van der Waals surface area contributed by atoms with Crippen LogP contribution in [0, 0.1) is 0 Å². The van der Waals surface area contributed by atoms with Gasteiger partial charge in [0.15, 0.2) is 0 Å². The zero-order valence-corrected chi connectivity index (χ0v) is 13.5. The fourth-order valence-electron chi connectivity index (χ4n) is 2.37. The summed E-state index contributed by atoms with van der Waals surface area (Å²) in [6.07, 6.45) is 5.88. The summed E-state index contributed by atoms with van der Waals surface area (Å²) in [4.78, 5) is 36.0. The third-order valence-corrected chi connectivity index (χ3v) is 3.56. The van der Waals surface area contributed by atoms with E-state index in [1.165, 1.54) is 40.0 Å². The number of anilines is 1. The number of nitrogens with zero attached hydrogens (tertiary/aromatic N) is 5. The molecule has 128 valence electrons. The average molecular weight is 341 g/mol. The van der Waals surface area contributed by atoms with Crippen molar-refractivity contribution >= 4 is 17.5 Å². The molecule has 3 aromatic heterocycles. The SMILES string of the molecule is Cn1cc(-n2cc(C(=O)Nc3cnn(C)c3C(N)=O)ccc2=O)cn1. The molecule has 0 spiro atoms. The third kappa shape index (κ3) is 3.04. The van der Waals surface area contributed by atoms with Crippen LogP contribution in [0.1, 0.15) is 20.8 Å². The Kier molecular flexibility index (Phi) is 3.93. The Hall–Kier alpha value is -3.69. The van der Waals surface area contributed by atoms with Crippen molar-refractivity contribution in [3.63, 3.8) is 0 Å². The van der Waals surface area contributed by atoms with Crippen molar-refractivity contribution in [1.29, 1.82) is 0 Å². The number of carbonyl (C=O) groups excluding carboxylic acids is 2. The van der Waals surface area contributed by atoms with Crippen LogP contribution < -0.4 is 16.6 Å². The highest BCUT2D eigenvalue weighted by Gasteiger charge is 2.17. The van der Waals surface area contributed by atoms with E-state index in [9.17, 15) is 14.4 Å². The Morgan fingerprint density at radius 3 is 2.52 bits per heavy atom. The Morgan fingerprint density at radius 1 is 1.12 bits per heavy atom. The summed E-state index contributed by atoms with van der Waals surface area (Å²) in [7, 11) is 3.26. The molecule has 0 aromatic carbocycles. The van der Waals surface area contributed by atoms with Gasteiger partial charge in [0, 0.05) is 32.6 Å². The monoisotopic (exact) mass is 341 g/mol. The molecule has 0 saturated heterocycles. The van der Waals surface area contributed by atoms with Gasteiger partial charge in [-0.3, -0.25) is 28.3 Å². The highest BCUT2D eigenvalue weighted by molar-refractivity contribution is 6.07. The molecule has 25 heavy (non-hydrogen) atoms. The number of hydrogen-bond acceptors (Lipinski definition) is 5. The highest BCUT2D eigenvalue weighted by atomic mass is 16.2. The zero-order valence-electron chi connectivity index (χ0n) is 13.5. The molecule has 0 aliphatic rings. The summed E-state index contributed by atoms with van der Waals surface area (Å²) < 4.78 is 4.12. The maximum atomic E-state index is 12.5. The number of pyridine rings is 1. The van der Waals surface area contributed by atoms with E-state index >= 15 is 0 Å². The van der Waals surface area contributed by atoms with Crippen LogP contribution in [0.5, 0.6) is 0 Å². The number of carbonyl (C=O) groups is 2. The van der Waals surface area contributed by atoms with E-state index in [2.05, 4.69) is 15.5 Å². The quantitative estimate of drug-likeness (QED) is 0.670. The molecule has 0 unspecified atom stereocenters. The number of primary amides is 1. The van der Waals surface area contributed by atoms with Gasteiger partial charge in [0.1, 0.15) is 5.69 Å². The largest absolute Gasteiger partial charge is 0.364 e. The van der Waals surface area contributed by atoms with Crippen molar-refractivity contribution in [2.75, 3.05) is 5.32 Å². The molecule has 3 aromatic rings. The minimum atomic E-state index is -0.712. The van der Waals surface area contributed by atoms with Crippen molar-refractivity contribution in [1.82, 2.24) is 24.1 Å². The molecular weight excluding hydrogens is 326 g/mol. The van der Waals surface area contributed by atoms with Crippen LogP contribution in [0.4, 0.5) is 5.69 Å². The molecule has 0 radical (unpaired) electrons. The number of rotatable bonds is 4. The lowest BCUT2D eigenvalue weighted by Gasteiger charge is -2.07. The van der Waals surface area contributed by atoms with Crippen molar-refractivity contribution in [3.8, 4) is 5.69 Å². The number of aromatic nitrogens is 5. The number of aryl methyl sites for hydroxylation is 2. The molecule has 0 aliphatic heterocycles. The van der Waals surface area contributed by atoms with E-state index in [4.69, 9.17) is 5.73 Å². The fraction of sp³-hybridized carbons (Fsp3) is 0.133. The van der Waals surface area contributed by atoms with Gasteiger partial charge < -0.3 is 11.1 Å². The summed E-state index contributed by atoms with van der Waals surface area (Å²) in [5.41, 5.74) is 6.01. The molecule has 3 N–H and O–H groups in total. The van der Waals surface area contributed by atoms with E-state index < -0.39 is 11.8 Å². The van der Waals surface area contributed by atoms with Gasteiger partial charge in [-0.15, -0.1) is 0 Å². The lowest BCUT2D eigenvalue weighted by Crippen LogP contribution is -2.22. The molecule has 2 amide bonds. The minimum absolute atomic E-state index is 0.0777. The molecule has 0 bridgehead atoms. The molecule has 0 aliphatic carbocycles. The lowest BCUT2D eigenvalue weighted by molar-refractivity contribution is 0.0992. The zero-order chi connectivity index (χ0) is 18.1. The molecule has 0 saturated carbocycles. The Labute approximate surface area is 141 Å². The van der Waals surface area contributed by atoms with Crippen molar-refractivity contribution in [2.45, 2.75) is 0 Å². The van der Waals surface area contributed by atoms with Gasteiger partial charge in [0.05, 0.1) is 29.3 Å². The second kappa shape index (κ2) is 6.07. The number of nitrogens with two attached hydrogens (primary N) is 1. The third-order valence-electron chi connectivity index (χ3n) is 3.56. The molecule has 0 fully saturated rings. The average Bonchev–Trinajstić information content (AvgIpc) is 3.13. The Morgan fingerprint density at radius 2 is 1.88 bits per heavy atom. The van der Waals surface area contributed by atoms with Gasteiger partial charge >= 0.3 is 0 Å². The normalized spacial score (nSPS) is 10.6. The summed E-state index contributed by atoms with van der Waals surface area (Å²) in [5, 5.41) is 10.5. The van der Waals surface area contributed by atoms with Crippen molar-refractivity contribution < 1.29 is 9.59 Å². The number of amides is 2. The first-order valence-electron chi connectivity index (χ1n) is 7.21. The molecular formula is C15H15N7O3. The van der Waals surface area contributed by atoms with Crippen LogP contribution in [-0.4, -0.2) is 35.9 Å². The second-order valence-corrected chi connectivity index (χ2v) is 5.35. The van der Waals surface area contributed by atoms with Crippen LogP contribution in [0.25, 0.3) is 5.69 Å². The van der Waals surface area contributed by atoms with E-state index in [-0.39, 0.29) is 22.5 Å². The van der Waals surface area contributed by atoms with E-state index in [1.807, 2.05) is 0 Å². The van der Waals surface area contributed by atoms with E-state index in [0.717, 1.165) is 0 Å². The van der Waals surface area contributed by atoms with Crippen LogP contribution in [0.2, 0.25) is 0 Å². The van der Waals surface area contributed by atoms with E-state index in [1.54, 1.807) is 25.0 Å². The first kappa shape index (κ1) is 16.2. The van der Waals surface area contributed by atoms with Crippen molar-refractivity contribution in [3.05, 3.63) is 58.5 Å². The van der Waals surface area contributed by atoms with Gasteiger partial charge in [-0.2, -0.15) is 10.2 Å². The van der Waals surface area contributed by atoms with Crippen molar-refractivity contribution in [2.24, 2.45) is 19.8 Å². The fourth-order valence-corrected chi connectivity index (χ4v) is 2.37. The van der Waals surface area contributed by atoms with Gasteiger partial charge in [-0.05, 0) is 6.07 Å². The summed E-state index contributed by atoms with van der Waals surface area (Å²) in [6.45, 7) is 0. The maximum Gasteiger partial charge on any atom is 0.269 e. The number of hydrogen-bond donors (Lipinski definition) is 2. The molecule has 10 heteroatoms. The lowest BCUT2D eigenvalue weighted by atomic mass is 10.2. The van der Waals surface area contributed by atoms with Crippen LogP contribution >= 0.6 is 0 Å². The van der Waals surface area contributed by atoms with Gasteiger partial charge in [0.2, 0.25) is 0 Å². The first-order chi connectivity index (χ1) is 11.9. The predicted octanol–water partition coefficient (Wildman–Crippen LogP) is -0.344. The molecule has 3 heterocycles. The maximum absolute atomic E-state index is 12.5. The highest BCUT2D eigenvalue weighted by Crippen LogP contribution is 2.15. The molecule has 3 rings (SSSR count). The Balaban J connectivity index is 1.94. The van der Waals surface area contributed by atoms with Crippen LogP contribution in [-0.2, 0) is 14.1 Å². The van der Waals surface area contributed by atoms with Gasteiger partial charge in [0.25, 0.3) is 17.4 Å².